The van der Waals surface area contributed by atoms with E-state index >= 15 is 0 Å². The molecule has 1 aliphatic carbocycles. The Bertz CT molecular complexity index is 803. The molecule has 0 bridgehead atoms. The topological polar surface area (TPSA) is 81.5 Å². The molecule has 1 fully saturated rings. The second-order valence-electron chi connectivity index (χ2n) is 6.04. The Balaban J connectivity index is 1.86. The van der Waals surface area contributed by atoms with Gasteiger partial charge in [0.1, 0.15) is 11.6 Å². The van der Waals surface area contributed by atoms with Crippen molar-refractivity contribution in [3.63, 3.8) is 0 Å². The minimum Gasteiger partial charge on any atom is -0.476 e. The third-order valence-corrected chi connectivity index (χ3v) is 3.95. The van der Waals surface area contributed by atoms with E-state index in [1.165, 1.54) is 42.5 Å². The van der Waals surface area contributed by atoms with Gasteiger partial charge in [0.05, 0.1) is 4.92 Å². The van der Waals surface area contributed by atoms with Crippen LogP contribution in [0.4, 0.5) is 10.1 Å². The summed E-state index contributed by atoms with van der Waals surface area (Å²) in [7, 11) is 0. The van der Waals surface area contributed by atoms with Crippen molar-refractivity contribution in [3.8, 4) is 5.75 Å². The van der Waals surface area contributed by atoms with Crippen LogP contribution in [0.15, 0.2) is 42.5 Å². The molecule has 0 aliphatic heterocycles. The number of ether oxygens (including phenoxy) is 1. The fourth-order valence-electron chi connectivity index (χ4n) is 2.46. The van der Waals surface area contributed by atoms with Gasteiger partial charge in [-0.25, -0.2) is 4.39 Å². The summed E-state index contributed by atoms with van der Waals surface area (Å²) >= 11 is 0. The average molecular weight is 344 g/mol. The first-order valence-electron chi connectivity index (χ1n) is 7.91. The number of benzene rings is 2. The van der Waals surface area contributed by atoms with E-state index in [0.717, 1.165) is 12.8 Å². The van der Waals surface area contributed by atoms with E-state index in [2.05, 4.69) is 5.32 Å². The van der Waals surface area contributed by atoms with Gasteiger partial charge in [-0.2, -0.15) is 0 Å². The molecule has 25 heavy (non-hydrogen) atoms. The molecular weight excluding hydrogens is 327 g/mol. The summed E-state index contributed by atoms with van der Waals surface area (Å²) in [6.45, 7) is 1.60. The first kappa shape index (κ1) is 16.9. The minimum atomic E-state index is -0.956. The summed E-state index contributed by atoms with van der Waals surface area (Å²) in [5.41, 5.74) is 0.923. The van der Waals surface area contributed by atoms with E-state index < -0.39 is 16.8 Å². The maximum absolute atomic E-state index is 13.2. The van der Waals surface area contributed by atoms with Gasteiger partial charge in [0, 0.05) is 23.2 Å². The highest BCUT2D eigenvalue weighted by Crippen LogP contribution is 2.28. The van der Waals surface area contributed by atoms with Gasteiger partial charge in [0.15, 0.2) is 0 Å². The number of carbonyl (C=O) groups is 1. The van der Waals surface area contributed by atoms with Crippen molar-refractivity contribution in [2.75, 3.05) is 0 Å². The first-order chi connectivity index (χ1) is 11.9. The van der Waals surface area contributed by atoms with Gasteiger partial charge < -0.3 is 10.1 Å². The zero-order valence-corrected chi connectivity index (χ0v) is 13.6. The quantitative estimate of drug-likeness (QED) is 0.643. The van der Waals surface area contributed by atoms with E-state index in [9.17, 15) is 19.3 Å². The number of carbonyl (C=O) groups excluding carboxylic acids is 1. The Morgan fingerprint density at radius 3 is 2.52 bits per heavy atom. The number of nitrogens with one attached hydrogen (secondary N) is 1. The molecule has 0 unspecified atom stereocenters. The second kappa shape index (κ2) is 6.88. The summed E-state index contributed by atoms with van der Waals surface area (Å²) in [6, 6.07) is 9.96. The molecule has 1 saturated carbocycles. The standard InChI is InChI=1S/C18H17FN2O4/c1-11-10-15(8-9-16(11)21(23)24)25-17(18(22)20-14-6-7-14)12-2-4-13(19)5-3-12/h2-5,8-10,14,17H,6-7H2,1H3,(H,20,22)/t17-/m1/s1. The minimum absolute atomic E-state index is 0.0203. The number of nitro groups is 1. The van der Waals surface area contributed by atoms with Crippen LogP contribution in [0.5, 0.6) is 5.75 Å². The Morgan fingerprint density at radius 2 is 1.96 bits per heavy atom. The lowest BCUT2D eigenvalue weighted by molar-refractivity contribution is -0.385. The Hall–Kier alpha value is -2.96. The van der Waals surface area contributed by atoms with Crippen LogP contribution >= 0.6 is 0 Å². The molecule has 0 saturated heterocycles. The molecule has 7 heteroatoms. The fourth-order valence-corrected chi connectivity index (χ4v) is 2.46. The molecule has 0 radical (unpaired) electrons. The van der Waals surface area contributed by atoms with E-state index in [1.54, 1.807) is 6.92 Å². The number of amides is 1. The van der Waals surface area contributed by atoms with Gasteiger partial charge in [-0.15, -0.1) is 0 Å². The Kier molecular flexibility index (Phi) is 4.65. The van der Waals surface area contributed by atoms with E-state index in [0.29, 0.717) is 16.9 Å². The molecule has 1 amide bonds. The number of halogens is 1. The number of hydrogen-bond donors (Lipinski definition) is 1. The van der Waals surface area contributed by atoms with Gasteiger partial charge in [-0.05, 0) is 44.0 Å². The van der Waals surface area contributed by atoms with Crippen LogP contribution in [0.2, 0.25) is 0 Å². The Morgan fingerprint density at radius 1 is 1.28 bits per heavy atom. The molecule has 1 aliphatic rings. The van der Waals surface area contributed by atoms with Crippen molar-refractivity contribution < 1.29 is 18.8 Å². The predicted octanol–water partition coefficient (Wildman–Crippen LogP) is 3.44. The molecule has 0 spiro atoms. The van der Waals surface area contributed by atoms with Crippen LogP contribution in [0.3, 0.4) is 0 Å². The number of nitrogens with zero attached hydrogens (tertiary/aromatic N) is 1. The fraction of sp³-hybridized carbons (Fsp3) is 0.278. The highest BCUT2D eigenvalue weighted by Gasteiger charge is 2.30. The molecule has 2 aromatic carbocycles. The van der Waals surface area contributed by atoms with Crippen LogP contribution in [0, 0.1) is 22.9 Å². The number of hydrogen-bond acceptors (Lipinski definition) is 4. The molecule has 6 nitrogen and oxygen atoms in total. The largest absolute Gasteiger partial charge is 0.476 e. The van der Waals surface area contributed by atoms with Crippen LogP contribution in [0.1, 0.15) is 30.1 Å². The maximum atomic E-state index is 13.2. The number of rotatable bonds is 6. The maximum Gasteiger partial charge on any atom is 0.272 e. The smallest absolute Gasteiger partial charge is 0.272 e. The van der Waals surface area contributed by atoms with Crippen molar-refractivity contribution in [2.24, 2.45) is 0 Å². The van der Waals surface area contributed by atoms with Crippen molar-refractivity contribution in [1.29, 1.82) is 0 Å². The summed E-state index contributed by atoms with van der Waals surface area (Å²) in [5, 5.41) is 13.8. The average Bonchev–Trinajstić information content (AvgIpc) is 3.37. The third kappa shape index (κ3) is 4.12. The van der Waals surface area contributed by atoms with Crippen LogP contribution in [0.25, 0.3) is 0 Å². The highest BCUT2D eigenvalue weighted by atomic mass is 19.1. The molecule has 2 aromatic rings. The molecule has 1 atom stereocenters. The number of aryl methyl sites for hydroxylation is 1. The predicted molar refractivity (Wildman–Crippen MR) is 88.8 cm³/mol. The number of nitro benzene ring substituents is 1. The lowest BCUT2D eigenvalue weighted by atomic mass is 10.1. The van der Waals surface area contributed by atoms with Gasteiger partial charge in [0.2, 0.25) is 6.10 Å². The molecule has 0 heterocycles. The van der Waals surface area contributed by atoms with Gasteiger partial charge in [-0.1, -0.05) is 12.1 Å². The molecule has 0 aromatic heterocycles. The van der Waals surface area contributed by atoms with Crippen molar-refractivity contribution in [2.45, 2.75) is 31.9 Å². The van der Waals surface area contributed by atoms with E-state index in [-0.39, 0.29) is 17.6 Å². The molecule has 1 N–H and O–H groups in total. The normalized spacial score (nSPS) is 14.6. The SMILES string of the molecule is Cc1cc(O[C@@H](C(=O)NC2CC2)c2ccc(F)cc2)ccc1[N+](=O)[O-]. The van der Waals surface area contributed by atoms with E-state index in [4.69, 9.17) is 4.74 Å². The summed E-state index contributed by atoms with van der Waals surface area (Å²) < 4.78 is 19.0. The highest BCUT2D eigenvalue weighted by molar-refractivity contribution is 5.83. The molecule has 130 valence electrons. The van der Waals surface area contributed by atoms with Gasteiger partial charge in [0.25, 0.3) is 11.6 Å². The molecule has 3 rings (SSSR count). The third-order valence-electron chi connectivity index (χ3n) is 3.95. The van der Waals surface area contributed by atoms with Crippen LogP contribution < -0.4 is 10.1 Å². The van der Waals surface area contributed by atoms with Crippen molar-refractivity contribution in [1.82, 2.24) is 5.32 Å². The summed E-state index contributed by atoms with van der Waals surface area (Å²) in [4.78, 5) is 22.9. The summed E-state index contributed by atoms with van der Waals surface area (Å²) in [6.07, 6.45) is 0.902. The van der Waals surface area contributed by atoms with Crippen molar-refractivity contribution >= 4 is 11.6 Å². The summed E-state index contributed by atoms with van der Waals surface area (Å²) in [5.74, 6) is -0.384. The zero-order valence-electron chi connectivity index (χ0n) is 13.6. The lowest BCUT2D eigenvalue weighted by Crippen LogP contribution is -2.33. The van der Waals surface area contributed by atoms with Gasteiger partial charge in [-0.3, -0.25) is 14.9 Å². The van der Waals surface area contributed by atoms with Gasteiger partial charge >= 0.3 is 0 Å². The van der Waals surface area contributed by atoms with Crippen LogP contribution in [-0.2, 0) is 4.79 Å². The van der Waals surface area contributed by atoms with Crippen molar-refractivity contribution in [3.05, 3.63) is 69.5 Å². The Labute approximate surface area is 143 Å². The second-order valence-corrected chi connectivity index (χ2v) is 6.04. The molecular formula is C18H17FN2O4. The van der Waals surface area contributed by atoms with E-state index in [1.807, 2.05) is 0 Å². The monoisotopic (exact) mass is 344 g/mol. The zero-order chi connectivity index (χ0) is 18.0. The first-order valence-corrected chi connectivity index (χ1v) is 7.91. The van der Waals surface area contributed by atoms with Crippen LogP contribution in [-0.4, -0.2) is 16.9 Å². The lowest BCUT2D eigenvalue weighted by Gasteiger charge is -2.19.